The van der Waals surface area contributed by atoms with Crippen molar-refractivity contribution in [3.05, 3.63) is 24.3 Å². The van der Waals surface area contributed by atoms with Crippen LogP contribution in [0, 0.1) is 5.92 Å². The minimum atomic E-state index is -3.91. The lowest BCUT2D eigenvalue weighted by Crippen LogP contribution is -2.43. The smallest absolute Gasteiger partial charge is 0.244 e. The number of carbonyl (C=O) groups excluding carboxylic acids is 1. The molecule has 0 bridgehead atoms. The van der Waals surface area contributed by atoms with Crippen molar-refractivity contribution in [3.8, 4) is 0 Å². The molecule has 0 aliphatic carbocycles. The van der Waals surface area contributed by atoms with Gasteiger partial charge in [-0.25, -0.2) is 16.8 Å². The Morgan fingerprint density at radius 2 is 1.46 bits per heavy atom. The Bertz CT molecular complexity index is 881. The molecule has 2 heterocycles. The third-order valence-corrected chi connectivity index (χ3v) is 8.33. The van der Waals surface area contributed by atoms with E-state index in [0.29, 0.717) is 12.8 Å². The van der Waals surface area contributed by atoms with Crippen LogP contribution in [0.5, 0.6) is 0 Å². The average Bonchev–Trinajstić information content (AvgIpc) is 3.15. The van der Waals surface area contributed by atoms with Gasteiger partial charge in [0.05, 0.1) is 4.90 Å². The lowest BCUT2D eigenvalue weighted by Gasteiger charge is -2.32. The van der Waals surface area contributed by atoms with Crippen LogP contribution in [0.25, 0.3) is 0 Å². The molecule has 144 valence electrons. The van der Waals surface area contributed by atoms with E-state index in [0.717, 1.165) is 32.2 Å². The van der Waals surface area contributed by atoms with Crippen LogP contribution in [0.3, 0.4) is 0 Å². The Kier molecular flexibility index (Phi) is 5.41. The quantitative estimate of drug-likeness (QED) is 0.755. The molecule has 2 aliphatic rings. The van der Waals surface area contributed by atoms with E-state index in [-0.39, 0.29) is 34.7 Å². The van der Waals surface area contributed by atoms with Gasteiger partial charge in [-0.2, -0.15) is 4.31 Å². The van der Waals surface area contributed by atoms with Crippen molar-refractivity contribution in [1.82, 2.24) is 9.21 Å². The topological polar surface area (TPSA) is 91.8 Å². The summed E-state index contributed by atoms with van der Waals surface area (Å²) < 4.78 is 51.1. The highest BCUT2D eigenvalue weighted by Crippen LogP contribution is 2.29. The van der Waals surface area contributed by atoms with Crippen LogP contribution in [0.2, 0.25) is 0 Å². The van der Waals surface area contributed by atoms with Crippen LogP contribution < -0.4 is 0 Å². The molecule has 0 unspecified atom stereocenters. The zero-order valence-corrected chi connectivity index (χ0v) is 16.4. The number of amides is 1. The minimum absolute atomic E-state index is 0.121. The lowest BCUT2D eigenvalue weighted by molar-refractivity contribution is -0.135. The van der Waals surface area contributed by atoms with Crippen molar-refractivity contribution in [2.75, 3.05) is 32.4 Å². The van der Waals surface area contributed by atoms with Gasteiger partial charge < -0.3 is 4.90 Å². The Labute approximate surface area is 155 Å². The second-order valence-corrected chi connectivity index (χ2v) is 10.8. The van der Waals surface area contributed by atoms with Gasteiger partial charge in [0.1, 0.15) is 4.90 Å². The first-order valence-electron chi connectivity index (χ1n) is 8.79. The first kappa shape index (κ1) is 19.3. The number of nitrogens with zero attached hydrogens (tertiary/aromatic N) is 2. The van der Waals surface area contributed by atoms with Gasteiger partial charge in [-0.1, -0.05) is 12.1 Å². The summed E-state index contributed by atoms with van der Waals surface area (Å²) in [4.78, 5) is 14.0. The predicted molar refractivity (Wildman–Crippen MR) is 96.8 cm³/mol. The number of piperidine rings is 1. The van der Waals surface area contributed by atoms with Crippen molar-refractivity contribution in [2.24, 2.45) is 5.92 Å². The van der Waals surface area contributed by atoms with E-state index in [1.165, 1.54) is 28.6 Å². The van der Waals surface area contributed by atoms with Gasteiger partial charge in [0.25, 0.3) is 0 Å². The maximum atomic E-state index is 13.0. The third kappa shape index (κ3) is 3.79. The molecule has 0 spiro atoms. The molecule has 0 atom stereocenters. The highest BCUT2D eigenvalue weighted by molar-refractivity contribution is 7.93. The normalized spacial score (nSPS) is 20.4. The molecule has 3 rings (SSSR count). The second-order valence-electron chi connectivity index (χ2n) is 6.93. The molecule has 26 heavy (non-hydrogen) atoms. The van der Waals surface area contributed by atoms with Gasteiger partial charge in [-0.15, -0.1) is 0 Å². The van der Waals surface area contributed by atoms with Crippen molar-refractivity contribution in [1.29, 1.82) is 0 Å². The molecule has 0 radical (unpaired) electrons. The molecule has 1 aromatic rings. The predicted octanol–water partition coefficient (Wildman–Crippen LogP) is 1.11. The molecule has 1 aromatic carbocycles. The number of sulfone groups is 1. The van der Waals surface area contributed by atoms with Crippen LogP contribution in [0.15, 0.2) is 34.1 Å². The molecule has 2 aliphatic heterocycles. The number of likely N-dealkylation sites (tertiary alicyclic amines) is 1. The van der Waals surface area contributed by atoms with Crippen LogP contribution >= 0.6 is 0 Å². The summed E-state index contributed by atoms with van der Waals surface area (Å²) in [5.41, 5.74) is 0. The first-order chi connectivity index (χ1) is 12.2. The van der Waals surface area contributed by atoms with Crippen molar-refractivity contribution >= 4 is 25.8 Å². The molecule has 2 saturated heterocycles. The Morgan fingerprint density at radius 3 is 2.00 bits per heavy atom. The zero-order chi connectivity index (χ0) is 18.9. The van der Waals surface area contributed by atoms with Crippen LogP contribution in [0.4, 0.5) is 0 Å². The van der Waals surface area contributed by atoms with Crippen molar-refractivity contribution in [3.63, 3.8) is 0 Å². The largest absolute Gasteiger partial charge is 0.342 e. The monoisotopic (exact) mass is 400 g/mol. The van der Waals surface area contributed by atoms with Crippen LogP contribution in [0.1, 0.15) is 25.7 Å². The number of rotatable bonds is 4. The molecule has 1 amide bonds. The summed E-state index contributed by atoms with van der Waals surface area (Å²) in [6.45, 7) is 2.04. The van der Waals surface area contributed by atoms with Gasteiger partial charge in [0.15, 0.2) is 9.84 Å². The molecular formula is C17H24N2O5S2. The zero-order valence-electron chi connectivity index (χ0n) is 14.8. The maximum absolute atomic E-state index is 13.0. The summed E-state index contributed by atoms with van der Waals surface area (Å²) in [5.74, 6) is -0.0271. The first-order valence-corrected chi connectivity index (χ1v) is 12.1. The van der Waals surface area contributed by atoms with E-state index in [1.807, 2.05) is 4.90 Å². The average molecular weight is 401 g/mol. The molecule has 0 aromatic heterocycles. The maximum Gasteiger partial charge on any atom is 0.244 e. The van der Waals surface area contributed by atoms with Gasteiger partial charge in [0, 0.05) is 38.4 Å². The number of hydrogen-bond donors (Lipinski definition) is 0. The van der Waals surface area contributed by atoms with Gasteiger partial charge >= 0.3 is 0 Å². The number of hydrogen-bond acceptors (Lipinski definition) is 5. The molecule has 9 heteroatoms. The standard InChI is InChI=1S/C17H24N2O5S2/c1-25(21,22)15-6-2-3-7-16(15)26(23,24)19-12-8-14(9-13-19)17(20)18-10-4-5-11-18/h2-3,6-7,14H,4-5,8-13H2,1H3. The van der Waals surface area contributed by atoms with Crippen molar-refractivity contribution < 1.29 is 21.6 Å². The molecule has 0 saturated carbocycles. The van der Waals surface area contributed by atoms with E-state index in [9.17, 15) is 21.6 Å². The fourth-order valence-electron chi connectivity index (χ4n) is 3.65. The number of benzene rings is 1. The Morgan fingerprint density at radius 1 is 0.923 bits per heavy atom. The van der Waals surface area contributed by atoms with Crippen LogP contribution in [-0.4, -0.2) is 64.4 Å². The van der Waals surface area contributed by atoms with Gasteiger partial charge in [-0.05, 0) is 37.8 Å². The van der Waals surface area contributed by atoms with Gasteiger partial charge in [-0.3, -0.25) is 4.79 Å². The van der Waals surface area contributed by atoms with E-state index in [4.69, 9.17) is 0 Å². The Hall–Kier alpha value is -1.45. The summed E-state index contributed by atoms with van der Waals surface area (Å²) >= 11 is 0. The SMILES string of the molecule is CS(=O)(=O)c1ccccc1S(=O)(=O)N1CCC(C(=O)N2CCCC2)CC1. The van der Waals surface area contributed by atoms with E-state index < -0.39 is 19.9 Å². The van der Waals surface area contributed by atoms with E-state index in [1.54, 1.807) is 0 Å². The Balaban J connectivity index is 1.76. The van der Waals surface area contributed by atoms with E-state index >= 15 is 0 Å². The van der Waals surface area contributed by atoms with Crippen LogP contribution in [-0.2, 0) is 24.7 Å². The highest BCUT2D eigenvalue weighted by atomic mass is 32.2. The van der Waals surface area contributed by atoms with Gasteiger partial charge in [0.2, 0.25) is 15.9 Å². The number of sulfonamides is 1. The second kappa shape index (κ2) is 7.28. The third-order valence-electron chi connectivity index (χ3n) is 5.09. The fraction of sp³-hybridized carbons (Fsp3) is 0.588. The summed E-state index contributed by atoms with van der Waals surface area (Å²) in [6, 6.07) is 5.67. The highest BCUT2D eigenvalue weighted by Gasteiger charge is 2.36. The summed E-state index contributed by atoms with van der Waals surface area (Å²) in [5, 5.41) is 0. The minimum Gasteiger partial charge on any atom is -0.342 e. The van der Waals surface area contributed by atoms with E-state index in [2.05, 4.69) is 0 Å². The summed E-state index contributed by atoms with van der Waals surface area (Å²) in [6.07, 6.45) is 4.00. The molecule has 7 nitrogen and oxygen atoms in total. The number of carbonyl (C=O) groups is 1. The fourth-order valence-corrected chi connectivity index (χ4v) is 6.72. The molecule has 0 N–H and O–H groups in total. The molecular weight excluding hydrogens is 376 g/mol. The lowest BCUT2D eigenvalue weighted by atomic mass is 9.97. The molecule has 2 fully saturated rings. The van der Waals surface area contributed by atoms with Crippen molar-refractivity contribution in [2.45, 2.75) is 35.5 Å². The summed E-state index contributed by atoms with van der Waals surface area (Å²) in [7, 11) is -7.57.